The molecular formula is C20H25BrN4O5. The number of hydrogen-bond acceptors (Lipinski definition) is 6. The molecule has 162 valence electrons. The third-order valence-electron chi connectivity index (χ3n) is 5.56. The van der Waals surface area contributed by atoms with E-state index in [9.17, 15) is 9.59 Å². The summed E-state index contributed by atoms with van der Waals surface area (Å²) in [4.78, 5) is 35.1. The lowest BCUT2D eigenvalue weighted by Gasteiger charge is -2.30. The van der Waals surface area contributed by atoms with Gasteiger partial charge in [-0.2, -0.15) is 0 Å². The molecular weight excluding hydrogens is 456 g/mol. The average molecular weight is 481 g/mol. The molecule has 4 rings (SSSR count). The van der Waals surface area contributed by atoms with Gasteiger partial charge in [-0.05, 0) is 24.1 Å². The molecule has 10 heteroatoms. The van der Waals surface area contributed by atoms with E-state index in [-0.39, 0.29) is 24.4 Å². The second kappa shape index (κ2) is 8.16. The highest BCUT2D eigenvalue weighted by molar-refractivity contribution is 9.10. The van der Waals surface area contributed by atoms with Gasteiger partial charge in [-0.3, -0.25) is 4.79 Å². The molecule has 2 N–H and O–H groups in total. The second-order valence-corrected chi connectivity index (χ2v) is 8.85. The average Bonchev–Trinajstić information content (AvgIpc) is 3.43. The summed E-state index contributed by atoms with van der Waals surface area (Å²) in [5.74, 6) is -0.552. The third kappa shape index (κ3) is 3.91. The molecule has 2 unspecified atom stereocenters. The Hall–Kier alpha value is -2.17. The van der Waals surface area contributed by atoms with Crippen LogP contribution in [0.2, 0.25) is 0 Å². The number of methoxy groups -OCH3 is 1. The zero-order valence-electron chi connectivity index (χ0n) is 17.1. The number of likely N-dealkylation sites (tertiary alicyclic amines) is 1. The van der Waals surface area contributed by atoms with E-state index in [1.54, 1.807) is 4.90 Å². The first-order valence-corrected chi connectivity index (χ1v) is 10.7. The normalized spacial score (nSPS) is 21.5. The zero-order chi connectivity index (χ0) is 21.5. The van der Waals surface area contributed by atoms with Gasteiger partial charge in [-0.25, -0.2) is 9.78 Å². The first-order valence-electron chi connectivity index (χ1n) is 9.90. The number of H-pyrrole nitrogens is 1. The van der Waals surface area contributed by atoms with Crippen molar-refractivity contribution in [2.24, 2.45) is 5.92 Å². The molecule has 3 heterocycles. The Morgan fingerprint density at radius 3 is 2.77 bits per heavy atom. The number of imidazole rings is 1. The number of amides is 2. The monoisotopic (exact) mass is 480 g/mol. The van der Waals surface area contributed by atoms with Crippen LogP contribution in [0.15, 0.2) is 22.7 Å². The van der Waals surface area contributed by atoms with Crippen LogP contribution < -0.4 is 5.32 Å². The van der Waals surface area contributed by atoms with Crippen LogP contribution in [-0.2, 0) is 19.0 Å². The number of fused-ring (bicyclic) bond motifs is 1. The van der Waals surface area contributed by atoms with Gasteiger partial charge in [0.05, 0.1) is 43.9 Å². The Balaban J connectivity index is 1.68. The van der Waals surface area contributed by atoms with Gasteiger partial charge in [0.2, 0.25) is 5.91 Å². The van der Waals surface area contributed by atoms with E-state index in [1.807, 2.05) is 32.0 Å². The van der Waals surface area contributed by atoms with Gasteiger partial charge >= 0.3 is 6.09 Å². The van der Waals surface area contributed by atoms with Crippen LogP contribution in [0, 0.1) is 5.92 Å². The number of carbonyl (C=O) groups is 2. The Labute approximate surface area is 182 Å². The van der Waals surface area contributed by atoms with Crippen LogP contribution in [0.3, 0.4) is 0 Å². The van der Waals surface area contributed by atoms with Crippen molar-refractivity contribution in [3.8, 4) is 0 Å². The van der Waals surface area contributed by atoms with E-state index < -0.39 is 17.9 Å². The van der Waals surface area contributed by atoms with Crippen molar-refractivity contribution in [3.05, 3.63) is 28.5 Å². The molecule has 0 saturated carbocycles. The summed E-state index contributed by atoms with van der Waals surface area (Å²) in [5, 5.41) is 2.66. The molecule has 2 saturated heterocycles. The number of benzene rings is 1. The van der Waals surface area contributed by atoms with Gasteiger partial charge in [-0.1, -0.05) is 29.8 Å². The number of halogens is 1. The van der Waals surface area contributed by atoms with E-state index in [4.69, 9.17) is 19.2 Å². The molecule has 2 aromatic rings. The number of nitrogens with one attached hydrogen (secondary N) is 2. The smallest absolute Gasteiger partial charge is 0.407 e. The number of hydrogen-bond donors (Lipinski definition) is 2. The van der Waals surface area contributed by atoms with Crippen LogP contribution in [-0.4, -0.2) is 65.6 Å². The van der Waals surface area contributed by atoms with Crippen molar-refractivity contribution in [2.75, 3.05) is 26.9 Å². The van der Waals surface area contributed by atoms with Gasteiger partial charge in [0, 0.05) is 10.9 Å². The molecule has 1 aromatic heterocycles. The van der Waals surface area contributed by atoms with E-state index in [0.717, 1.165) is 15.5 Å². The van der Waals surface area contributed by atoms with Crippen LogP contribution in [0.1, 0.15) is 32.1 Å². The lowest BCUT2D eigenvalue weighted by Crippen LogP contribution is -2.52. The standard InChI is InChI=1S/C20H25BrN4O5/c1-11(2)16(24-19(27)28-3)18(26)25-10-20(29-6-7-30-20)9-15(25)17-22-13-5-4-12(21)8-14(13)23-17/h4-5,8,11,15-16H,6-7,9-10H2,1-3H3,(H,22,23)(H,24,27). The molecule has 2 amide bonds. The van der Waals surface area contributed by atoms with Crippen molar-refractivity contribution in [1.82, 2.24) is 20.2 Å². The first kappa shape index (κ1) is 21.1. The highest BCUT2D eigenvalue weighted by atomic mass is 79.9. The third-order valence-corrected chi connectivity index (χ3v) is 6.05. The number of carbonyl (C=O) groups excluding carboxylic acids is 2. The Morgan fingerprint density at radius 1 is 1.37 bits per heavy atom. The number of alkyl carbamates (subject to hydrolysis) is 1. The number of ether oxygens (including phenoxy) is 3. The number of nitrogens with zero attached hydrogens (tertiary/aromatic N) is 2. The maximum atomic E-state index is 13.5. The van der Waals surface area contributed by atoms with Gasteiger partial charge in [0.1, 0.15) is 11.9 Å². The fourth-order valence-electron chi connectivity index (χ4n) is 4.06. The van der Waals surface area contributed by atoms with Gasteiger partial charge in [0.25, 0.3) is 0 Å². The predicted molar refractivity (Wildman–Crippen MR) is 112 cm³/mol. The number of aromatic amines is 1. The Kier molecular flexibility index (Phi) is 5.73. The maximum Gasteiger partial charge on any atom is 0.407 e. The van der Waals surface area contributed by atoms with E-state index >= 15 is 0 Å². The van der Waals surface area contributed by atoms with Crippen LogP contribution in [0.25, 0.3) is 11.0 Å². The van der Waals surface area contributed by atoms with Crippen molar-refractivity contribution >= 4 is 39.0 Å². The highest BCUT2D eigenvalue weighted by Crippen LogP contribution is 2.42. The molecule has 2 aliphatic rings. The van der Waals surface area contributed by atoms with Gasteiger partial charge in [-0.15, -0.1) is 0 Å². The topological polar surface area (TPSA) is 106 Å². The van der Waals surface area contributed by atoms with Crippen molar-refractivity contribution in [2.45, 2.75) is 38.1 Å². The molecule has 1 spiro atoms. The quantitative estimate of drug-likeness (QED) is 0.696. The summed E-state index contributed by atoms with van der Waals surface area (Å²) in [6.07, 6.45) is -0.183. The predicted octanol–water partition coefficient (Wildman–Crippen LogP) is 2.72. The minimum atomic E-state index is -0.854. The molecule has 2 atom stereocenters. The van der Waals surface area contributed by atoms with Crippen molar-refractivity contribution < 1.29 is 23.8 Å². The molecule has 0 radical (unpaired) electrons. The lowest BCUT2D eigenvalue weighted by atomic mass is 10.0. The molecule has 2 aliphatic heterocycles. The lowest BCUT2D eigenvalue weighted by molar-refractivity contribution is -0.153. The molecule has 30 heavy (non-hydrogen) atoms. The van der Waals surface area contributed by atoms with E-state index in [0.29, 0.717) is 25.5 Å². The van der Waals surface area contributed by atoms with Crippen molar-refractivity contribution in [1.29, 1.82) is 0 Å². The van der Waals surface area contributed by atoms with Crippen LogP contribution in [0.4, 0.5) is 4.79 Å². The SMILES string of the molecule is COC(=O)NC(C(=O)N1CC2(CC1c1nc3ccc(Br)cc3[nH]1)OCCO2)C(C)C. The molecule has 1 aromatic carbocycles. The van der Waals surface area contributed by atoms with Crippen molar-refractivity contribution in [3.63, 3.8) is 0 Å². The van der Waals surface area contributed by atoms with Crippen LogP contribution >= 0.6 is 15.9 Å². The summed E-state index contributed by atoms with van der Waals surface area (Å²) in [6, 6.07) is 4.66. The highest BCUT2D eigenvalue weighted by Gasteiger charge is 2.52. The first-order chi connectivity index (χ1) is 14.3. The summed E-state index contributed by atoms with van der Waals surface area (Å²) in [5.41, 5.74) is 1.68. The Morgan fingerprint density at radius 2 is 2.10 bits per heavy atom. The fourth-order valence-corrected chi connectivity index (χ4v) is 4.42. The van der Waals surface area contributed by atoms with Gasteiger partial charge < -0.3 is 29.4 Å². The minimum Gasteiger partial charge on any atom is -0.453 e. The Bertz CT molecular complexity index is 956. The summed E-state index contributed by atoms with van der Waals surface area (Å²) in [6.45, 7) is 4.98. The fraction of sp³-hybridized carbons (Fsp3) is 0.550. The zero-order valence-corrected chi connectivity index (χ0v) is 18.7. The largest absolute Gasteiger partial charge is 0.453 e. The molecule has 9 nitrogen and oxygen atoms in total. The second-order valence-electron chi connectivity index (χ2n) is 7.93. The minimum absolute atomic E-state index is 0.133. The van der Waals surface area contributed by atoms with Gasteiger partial charge in [0.15, 0.2) is 5.79 Å². The molecule has 0 bridgehead atoms. The summed E-state index contributed by atoms with van der Waals surface area (Å²) >= 11 is 3.47. The summed E-state index contributed by atoms with van der Waals surface area (Å²) < 4.78 is 17.4. The van der Waals surface area contributed by atoms with E-state index in [1.165, 1.54) is 7.11 Å². The summed E-state index contributed by atoms with van der Waals surface area (Å²) in [7, 11) is 1.28. The van der Waals surface area contributed by atoms with E-state index in [2.05, 4.69) is 26.2 Å². The van der Waals surface area contributed by atoms with Crippen LogP contribution in [0.5, 0.6) is 0 Å². The number of aromatic nitrogens is 2. The molecule has 2 fully saturated rings. The number of rotatable bonds is 4. The maximum absolute atomic E-state index is 13.5. The molecule has 0 aliphatic carbocycles.